The molecule has 3 rings (SSSR count). The van der Waals surface area contributed by atoms with Gasteiger partial charge in [0.05, 0.1) is 0 Å². The molecular formula is C9H14ClNO2. The molecular weight excluding hydrogens is 190 g/mol. The van der Waals surface area contributed by atoms with Crippen LogP contribution in [-0.4, -0.2) is 35.1 Å². The number of carbonyl (C=O) groups is 1. The number of piperidine rings is 1. The number of carboxylic acids is 1. The molecule has 0 spiro atoms. The maximum Gasteiger partial charge on any atom is 0.321 e. The summed E-state index contributed by atoms with van der Waals surface area (Å²) in [6.45, 7) is 0. The lowest BCUT2D eigenvalue weighted by Crippen LogP contribution is -2.44. The van der Waals surface area contributed by atoms with Gasteiger partial charge in [0.1, 0.15) is 6.04 Å². The van der Waals surface area contributed by atoms with Gasteiger partial charge in [0.2, 0.25) is 0 Å². The van der Waals surface area contributed by atoms with E-state index in [4.69, 9.17) is 5.11 Å². The third-order valence-electron chi connectivity index (χ3n) is 4.07. The third-order valence-corrected chi connectivity index (χ3v) is 4.07. The standard InChI is InChI=1S/C9H13NO2.ClH/c1-10-7-3-6(4-2-5(4)7)8(10)9(11)12;/h4-8H,2-3H2,1H3,(H,11,12);1H. The highest BCUT2D eigenvalue weighted by molar-refractivity contribution is 5.85. The van der Waals surface area contributed by atoms with Gasteiger partial charge < -0.3 is 5.11 Å². The fourth-order valence-electron chi connectivity index (χ4n) is 3.50. The highest BCUT2D eigenvalue weighted by Gasteiger charge is 2.65. The highest BCUT2D eigenvalue weighted by atomic mass is 35.5. The van der Waals surface area contributed by atoms with Crippen molar-refractivity contribution >= 4 is 18.4 Å². The number of likely N-dealkylation sites (tertiary alicyclic amines) is 1. The van der Waals surface area contributed by atoms with Crippen LogP contribution in [0.25, 0.3) is 0 Å². The van der Waals surface area contributed by atoms with Crippen LogP contribution in [0.1, 0.15) is 12.8 Å². The molecule has 5 atom stereocenters. The van der Waals surface area contributed by atoms with E-state index in [2.05, 4.69) is 4.90 Å². The summed E-state index contributed by atoms with van der Waals surface area (Å²) < 4.78 is 0. The minimum atomic E-state index is -0.615. The van der Waals surface area contributed by atoms with E-state index in [9.17, 15) is 4.79 Å². The van der Waals surface area contributed by atoms with Crippen molar-refractivity contribution < 1.29 is 9.90 Å². The molecule has 13 heavy (non-hydrogen) atoms. The Morgan fingerprint density at radius 2 is 2.00 bits per heavy atom. The Hall–Kier alpha value is -0.280. The SMILES string of the molecule is CN1C2CC(C3CC32)C1C(=O)O.Cl. The van der Waals surface area contributed by atoms with Crippen molar-refractivity contribution in [3.63, 3.8) is 0 Å². The number of halogens is 1. The largest absolute Gasteiger partial charge is 0.480 e. The fraction of sp³-hybridized carbons (Fsp3) is 0.889. The Morgan fingerprint density at radius 1 is 1.31 bits per heavy atom. The molecule has 1 saturated heterocycles. The van der Waals surface area contributed by atoms with Gasteiger partial charge in [-0.1, -0.05) is 0 Å². The zero-order valence-corrected chi connectivity index (χ0v) is 8.33. The first kappa shape index (κ1) is 9.28. The van der Waals surface area contributed by atoms with E-state index in [0.29, 0.717) is 12.0 Å². The molecule has 0 amide bonds. The van der Waals surface area contributed by atoms with E-state index in [1.165, 1.54) is 6.42 Å². The van der Waals surface area contributed by atoms with Gasteiger partial charge >= 0.3 is 5.97 Å². The summed E-state index contributed by atoms with van der Waals surface area (Å²) >= 11 is 0. The fourth-order valence-corrected chi connectivity index (χ4v) is 3.50. The second-order valence-electron chi connectivity index (χ2n) is 4.48. The molecule has 0 aromatic rings. The summed E-state index contributed by atoms with van der Waals surface area (Å²) in [4.78, 5) is 13.0. The minimum Gasteiger partial charge on any atom is -0.480 e. The number of carboxylic acid groups (broad SMARTS) is 1. The van der Waals surface area contributed by atoms with Gasteiger partial charge in [0.15, 0.2) is 0 Å². The molecule has 0 aromatic carbocycles. The smallest absolute Gasteiger partial charge is 0.321 e. The van der Waals surface area contributed by atoms with Crippen LogP contribution in [0.3, 0.4) is 0 Å². The number of aliphatic carboxylic acids is 1. The third kappa shape index (κ3) is 0.974. The van der Waals surface area contributed by atoms with Gasteiger partial charge in [-0.2, -0.15) is 0 Å². The van der Waals surface area contributed by atoms with E-state index in [-0.39, 0.29) is 18.4 Å². The van der Waals surface area contributed by atoms with E-state index >= 15 is 0 Å². The molecule has 0 aromatic heterocycles. The predicted octanol–water partition coefficient (Wildman–Crippen LogP) is 0.831. The summed E-state index contributed by atoms with van der Waals surface area (Å²) in [5, 5.41) is 9.00. The lowest BCUT2D eigenvalue weighted by Gasteiger charge is -2.28. The van der Waals surface area contributed by atoms with Gasteiger partial charge in [-0.05, 0) is 37.6 Å². The van der Waals surface area contributed by atoms with Gasteiger partial charge in [0, 0.05) is 6.04 Å². The Labute approximate surface area is 83.5 Å². The van der Waals surface area contributed by atoms with E-state index in [1.54, 1.807) is 0 Å². The average Bonchev–Trinajstić information content (AvgIpc) is 2.63. The van der Waals surface area contributed by atoms with Gasteiger partial charge in [-0.3, -0.25) is 9.69 Å². The van der Waals surface area contributed by atoms with E-state index in [0.717, 1.165) is 18.3 Å². The molecule has 4 heteroatoms. The zero-order valence-electron chi connectivity index (χ0n) is 7.51. The second-order valence-corrected chi connectivity index (χ2v) is 4.48. The quantitative estimate of drug-likeness (QED) is 0.687. The second kappa shape index (κ2) is 2.61. The van der Waals surface area contributed by atoms with Crippen molar-refractivity contribution in [3.05, 3.63) is 0 Å². The minimum absolute atomic E-state index is 0. The topological polar surface area (TPSA) is 40.5 Å². The van der Waals surface area contributed by atoms with Crippen LogP contribution in [0.5, 0.6) is 0 Å². The normalized spacial score (nSPS) is 51.3. The molecule has 1 N–H and O–H groups in total. The first-order chi connectivity index (χ1) is 5.70. The highest BCUT2D eigenvalue weighted by Crippen LogP contribution is 2.62. The number of hydrogen-bond acceptors (Lipinski definition) is 2. The molecule has 3 aliphatic rings. The molecule has 1 aliphatic heterocycles. The summed E-state index contributed by atoms with van der Waals surface area (Å²) in [5.74, 6) is 1.49. The summed E-state index contributed by atoms with van der Waals surface area (Å²) in [6, 6.07) is 0.430. The van der Waals surface area contributed by atoms with Crippen LogP contribution in [0, 0.1) is 17.8 Å². The molecule has 3 fully saturated rings. The number of likely N-dealkylation sites (N-methyl/N-ethyl adjacent to an activating group) is 1. The summed E-state index contributed by atoms with van der Waals surface area (Å²) in [5.41, 5.74) is 0. The Kier molecular flexibility index (Phi) is 1.86. The van der Waals surface area contributed by atoms with Crippen LogP contribution in [-0.2, 0) is 4.79 Å². The van der Waals surface area contributed by atoms with Crippen LogP contribution < -0.4 is 0 Å². The Morgan fingerprint density at radius 3 is 2.54 bits per heavy atom. The number of nitrogens with zero attached hydrogens (tertiary/aromatic N) is 1. The molecule has 2 saturated carbocycles. The first-order valence-electron chi connectivity index (χ1n) is 4.65. The number of rotatable bonds is 1. The lowest BCUT2D eigenvalue weighted by molar-refractivity contribution is -0.144. The maximum absolute atomic E-state index is 10.9. The van der Waals surface area contributed by atoms with E-state index in [1.807, 2.05) is 7.05 Å². The predicted molar refractivity (Wildman–Crippen MR) is 49.9 cm³/mol. The van der Waals surface area contributed by atoms with Crippen LogP contribution >= 0.6 is 12.4 Å². The van der Waals surface area contributed by atoms with Crippen LogP contribution in [0.15, 0.2) is 0 Å². The molecule has 2 aliphatic carbocycles. The maximum atomic E-state index is 10.9. The van der Waals surface area contributed by atoms with Crippen molar-refractivity contribution in [2.24, 2.45) is 17.8 Å². The summed E-state index contributed by atoms with van der Waals surface area (Å²) in [6.07, 6.45) is 2.44. The van der Waals surface area contributed by atoms with Crippen molar-refractivity contribution in [2.45, 2.75) is 24.9 Å². The van der Waals surface area contributed by atoms with Gasteiger partial charge in [-0.15, -0.1) is 12.4 Å². The lowest BCUT2D eigenvalue weighted by atomic mass is 9.97. The molecule has 1 heterocycles. The first-order valence-corrected chi connectivity index (χ1v) is 4.65. The van der Waals surface area contributed by atoms with E-state index < -0.39 is 5.97 Å². The Bertz CT molecular complexity index is 258. The molecule has 2 bridgehead atoms. The van der Waals surface area contributed by atoms with Crippen molar-refractivity contribution in [1.82, 2.24) is 4.90 Å². The number of hydrogen-bond donors (Lipinski definition) is 1. The van der Waals surface area contributed by atoms with Crippen LogP contribution in [0.2, 0.25) is 0 Å². The molecule has 5 unspecified atom stereocenters. The monoisotopic (exact) mass is 203 g/mol. The van der Waals surface area contributed by atoms with Crippen LogP contribution in [0.4, 0.5) is 0 Å². The van der Waals surface area contributed by atoms with Crippen molar-refractivity contribution in [3.8, 4) is 0 Å². The molecule has 3 nitrogen and oxygen atoms in total. The van der Waals surface area contributed by atoms with Gasteiger partial charge in [0.25, 0.3) is 0 Å². The number of fused-ring (bicyclic) bond motifs is 5. The summed E-state index contributed by atoms with van der Waals surface area (Å²) in [7, 11) is 1.97. The van der Waals surface area contributed by atoms with Crippen molar-refractivity contribution in [1.29, 1.82) is 0 Å². The molecule has 0 radical (unpaired) electrons. The van der Waals surface area contributed by atoms with Gasteiger partial charge in [-0.25, -0.2) is 0 Å². The molecule has 74 valence electrons. The average molecular weight is 204 g/mol. The van der Waals surface area contributed by atoms with Crippen molar-refractivity contribution in [2.75, 3.05) is 7.05 Å². The Balaban J connectivity index is 0.000000653. The zero-order chi connectivity index (χ0) is 8.46.